The Morgan fingerprint density at radius 1 is 1.16 bits per heavy atom. The molecule has 0 unspecified atom stereocenters. The van der Waals surface area contributed by atoms with Crippen LogP contribution in [0, 0.1) is 0 Å². The molecule has 0 aliphatic carbocycles. The van der Waals surface area contributed by atoms with Crippen molar-refractivity contribution in [3.05, 3.63) is 69.7 Å². The number of rotatable bonds is 6. The standard InChI is InChI=1S/C18H16ClN3OS2/c1-2-24-15-6-4-3-5-14(15)17(23)20-18-22-21-16(25-18)11-12-7-9-13(19)10-8-12/h3-10H,2,11H2,1H3,(H,20,22,23). The van der Waals surface area contributed by atoms with Gasteiger partial charge in [-0.2, -0.15) is 0 Å². The second-order valence-corrected chi connectivity index (χ2v) is 7.99. The maximum absolute atomic E-state index is 12.5. The molecule has 0 bridgehead atoms. The van der Waals surface area contributed by atoms with Crippen LogP contribution < -0.4 is 5.32 Å². The SMILES string of the molecule is CCSc1ccccc1C(=O)Nc1nnc(Cc2ccc(Cl)cc2)s1. The fourth-order valence-electron chi connectivity index (χ4n) is 2.25. The van der Waals surface area contributed by atoms with E-state index in [1.165, 1.54) is 11.3 Å². The molecule has 0 saturated heterocycles. The van der Waals surface area contributed by atoms with Gasteiger partial charge in [0.2, 0.25) is 5.13 Å². The highest BCUT2D eigenvalue weighted by molar-refractivity contribution is 7.99. The molecule has 3 aromatic rings. The summed E-state index contributed by atoms with van der Waals surface area (Å²) in [5, 5.41) is 13.1. The van der Waals surface area contributed by atoms with E-state index >= 15 is 0 Å². The van der Waals surface area contributed by atoms with Crippen molar-refractivity contribution in [3.63, 3.8) is 0 Å². The third kappa shape index (κ3) is 4.81. The van der Waals surface area contributed by atoms with Gasteiger partial charge in [0, 0.05) is 16.3 Å². The van der Waals surface area contributed by atoms with Gasteiger partial charge in [0.1, 0.15) is 5.01 Å². The number of anilines is 1. The zero-order valence-corrected chi connectivity index (χ0v) is 15.9. The average molecular weight is 390 g/mol. The van der Waals surface area contributed by atoms with Crippen LogP contribution >= 0.6 is 34.7 Å². The Morgan fingerprint density at radius 2 is 1.92 bits per heavy atom. The first-order valence-corrected chi connectivity index (χ1v) is 9.93. The molecule has 0 aliphatic rings. The van der Waals surface area contributed by atoms with Crippen molar-refractivity contribution in [2.24, 2.45) is 0 Å². The van der Waals surface area contributed by atoms with Crippen molar-refractivity contribution in [1.29, 1.82) is 0 Å². The molecule has 3 rings (SSSR count). The summed E-state index contributed by atoms with van der Waals surface area (Å²) in [6, 6.07) is 15.2. The molecule has 2 aromatic carbocycles. The van der Waals surface area contributed by atoms with Crippen molar-refractivity contribution in [2.75, 3.05) is 11.1 Å². The average Bonchev–Trinajstić information content (AvgIpc) is 3.04. The van der Waals surface area contributed by atoms with Gasteiger partial charge in [-0.1, -0.05) is 54.1 Å². The number of nitrogens with one attached hydrogen (secondary N) is 1. The number of aromatic nitrogens is 2. The van der Waals surface area contributed by atoms with Crippen LogP contribution in [-0.4, -0.2) is 21.9 Å². The number of carbonyl (C=O) groups excluding carboxylic acids is 1. The summed E-state index contributed by atoms with van der Waals surface area (Å²) in [4.78, 5) is 13.5. The lowest BCUT2D eigenvalue weighted by Gasteiger charge is -2.06. The van der Waals surface area contributed by atoms with Crippen molar-refractivity contribution >= 4 is 45.7 Å². The van der Waals surface area contributed by atoms with E-state index in [4.69, 9.17) is 11.6 Å². The van der Waals surface area contributed by atoms with Gasteiger partial charge in [-0.25, -0.2) is 0 Å². The van der Waals surface area contributed by atoms with Gasteiger partial charge >= 0.3 is 0 Å². The first kappa shape index (κ1) is 17.9. The molecule has 0 saturated carbocycles. The van der Waals surface area contributed by atoms with E-state index in [0.29, 0.717) is 22.1 Å². The third-order valence-electron chi connectivity index (χ3n) is 3.39. The van der Waals surface area contributed by atoms with E-state index in [9.17, 15) is 4.79 Å². The van der Waals surface area contributed by atoms with Crippen LogP contribution in [0.3, 0.4) is 0 Å². The fourth-order valence-corrected chi connectivity index (χ4v) is 3.95. The van der Waals surface area contributed by atoms with Gasteiger partial charge in [0.15, 0.2) is 0 Å². The summed E-state index contributed by atoms with van der Waals surface area (Å²) in [5.41, 5.74) is 1.76. The molecule has 4 nitrogen and oxygen atoms in total. The Morgan fingerprint density at radius 3 is 2.68 bits per heavy atom. The Balaban J connectivity index is 1.69. The normalized spacial score (nSPS) is 10.6. The molecule has 0 atom stereocenters. The maximum Gasteiger partial charge on any atom is 0.258 e. The largest absolute Gasteiger partial charge is 0.296 e. The van der Waals surface area contributed by atoms with E-state index in [-0.39, 0.29) is 5.91 Å². The number of carbonyl (C=O) groups is 1. The molecule has 128 valence electrons. The molecule has 1 aromatic heterocycles. The van der Waals surface area contributed by atoms with Crippen LogP contribution in [0.2, 0.25) is 5.02 Å². The molecule has 1 amide bonds. The Bertz CT molecular complexity index is 865. The molecule has 1 N–H and O–H groups in total. The fraction of sp³-hybridized carbons (Fsp3) is 0.167. The van der Waals surface area contributed by atoms with Gasteiger partial charge in [0.05, 0.1) is 5.56 Å². The van der Waals surface area contributed by atoms with Crippen LogP contribution in [0.25, 0.3) is 0 Å². The quantitative estimate of drug-likeness (QED) is 0.592. The Labute approximate surface area is 159 Å². The van der Waals surface area contributed by atoms with Crippen LogP contribution in [0.4, 0.5) is 5.13 Å². The smallest absolute Gasteiger partial charge is 0.258 e. The van der Waals surface area contributed by atoms with Gasteiger partial charge in [-0.3, -0.25) is 10.1 Å². The minimum atomic E-state index is -0.161. The van der Waals surface area contributed by atoms with Crippen molar-refractivity contribution < 1.29 is 4.79 Å². The maximum atomic E-state index is 12.5. The molecule has 0 fully saturated rings. The summed E-state index contributed by atoms with van der Waals surface area (Å²) in [6.45, 7) is 2.06. The van der Waals surface area contributed by atoms with Gasteiger partial charge in [0.25, 0.3) is 5.91 Å². The molecule has 0 spiro atoms. The van der Waals surface area contributed by atoms with Crippen LogP contribution in [0.15, 0.2) is 53.4 Å². The molecular weight excluding hydrogens is 374 g/mol. The highest BCUT2D eigenvalue weighted by atomic mass is 35.5. The molecule has 0 aliphatic heterocycles. The molecule has 25 heavy (non-hydrogen) atoms. The van der Waals surface area contributed by atoms with E-state index in [0.717, 1.165) is 21.2 Å². The van der Waals surface area contributed by atoms with Crippen molar-refractivity contribution in [3.8, 4) is 0 Å². The monoisotopic (exact) mass is 389 g/mol. The number of benzene rings is 2. The van der Waals surface area contributed by atoms with Gasteiger partial charge < -0.3 is 0 Å². The summed E-state index contributed by atoms with van der Waals surface area (Å²) in [5.74, 6) is 0.750. The highest BCUT2D eigenvalue weighted by Crippen LogP contribution is 2.24. The minimum Gasteiger partial charge on any atom is -0.296 e. The van der Waals surface area contributed by atoms with Crippen molar-refractivity contribution in [2.45, 2.75) is 18.2 Å². The third-order valence-corrected chi connectivity index (χ3v) is 5.43. The summed E-state index contributed by atoms with van der Waals surface area (Å²) >= 11 is 8.92. The van der Waals surface area contributed by atoms with E-state index < -0.39 is 0 Å². The second kappa shape index (κ2) is 8.47. The number of halogens is 1. The minimum absolute atomic E-state index is 0.161. The Kier molecular flexibility index (Phi) is 6.07. The lowest BCUT2D eigenvalue weighted by molar-refractivity contribution is 0.102. The predicted octanol–water partition coefficient (Wildman–Crippen LogP) is 5.15. The topological polar surface area (TPSA) is 54.9 Å². The van der Waals surface area contributed by atoms with E-state index in [1.54, 1.807) is 11.8 Å². The van der Waals surface area contributed by atoms with Crippen LogP contribution in [-0.2, 0) is 6.42 Å². The van der Waals surface area contributed by atoms with E-state index in [1.807, 2.05) is 48.5 Å². The number of hydrogen-bond acceptors (Lipinski definition) is 5. The first-order valence-electron chi connectivity index (χ1n) is 7.75. The molecular formula is C18H16ClN3OS2. The van der Waals surface area contributed by atoms with Gasteiger partial charge in [-0.15, -0.1) is 22.0 Å². The Hall–Kier alpha value is -1.89. The number of hydrogen-bond donors (Lipinski definition) is 1. The van der Waals surface area contributed by atoms with Crippen LogP contribution in [0.5, 0.6) is 0 Å². The summed E-state index contributed by atoms with van der Waals surface area (Å²) < 4.78 is 0. The molecule has 7 heteroatoms. The van der Waals surface area contributed by atoms with Crippen LogP contribution in [0.1, 0.15) is 27.9 Å². The lowest BCUT2D eigenvalue weighted by atomic mass is 10.2. The zero-order chi connectivity index (χ0) is 17.6. The number of thioether (sulfide) groups is 1. The highest BCUT2D eigenvalue weighted by Gasteiger charge is 2.14. The molecule has 1 heterocycles. The second-order valence-electron chi connectivity index (χ2n) is 5.19. The molecule has 0 radical (unpaired) electrons. The first-order chi connectivity index (χ1) is 12.2. The summed E-state index contributed by atoms with van der Waals surface area (Å²) in [6.07, 6.45) is 0.660. The zero-order valence-electron chi connectivity index (χ0n) is 13.5. The summed E-state index contributed by atoms with van der Waals surface area (Å²) in [7, 11) is 0. The van der Waals surface area contributed by atoms with E-state index in [2.05, 4.69) is 22.4 Å². The predicted molar refractivity (Wildman–Crippen MR) is 105 cm³/mol. The van der Waals surface area contributed by atoms with Gasteiger partial charge in [-0.05, 0) is 35.6 Å². The lowest BCUT2D eigenvalue weighted by Crippen LogP contribution is -2.12. The number of amides is 1. The van der Waals surface area contributed by atoms with Crippen molar-refractivity contribution in [1.82, 2.24) is 10.2 Å². The number of nitrogens with zero attached hydrogens (tertiary/aromatic N) is 2.